The largest absolute Gasteiger partial charge is 0.573 e. The molecule has 28 heavy (non-hydrogen) atoms. The predicted molar refractivity (Wildman–Crippen MR) is 97.0 cm³/mol. The highest BCUT2D eigenvalue weighted by atomic mass is 19.4. The molecule has 3 rings (SSSR count). The number of rotatable bonds is 4. The fraction of sp³-hybridized carbons (Fsp3) is 0.579. The van der Waals surface area contributed by atoms with E-state index < -0.39 is 6.36 Å². The highest BCUT2D eigenvalue weighted by Crippen LogP contribution is 2.45. The van der Waals surface area contributed by atoms with Crippen molar-refractivity contribution in [3.05, 3.63) is 29.8 Å². The molecule has 1 aromatic rings. The number of nitrogens with zero attached hydrogens (tertiary/aromatic N) is 2. The number of carbonyl (C=O) groups is 1. The van der Waals surface area contributed by atoms with Crippen molar-refractivity contribution in [1.29, 1.82) is 0 Å². The van der Waals surface area contributed by atoms with E-state index >= 15 is 0 Å². The maximum absolute atomic E-state index is 12.6. The zero-order valence-corrected chi connectivity index (χ0v) is 16.0. The van der Waals surface area contributed by atoms with Gasteiger partial charge in [-0.25, -0.2) is 0 Å². The summed E-state index contributed by atoms with van der Waals surface area (Å²) in [5, 5.41) is 3.31. The summed E-state index contributed by atoms with van der Waals surface area (Å²) in [5.74, 6) is 0.0425. The molecule has 1 saturated carbocycles. The standard InChI is InChI=1S/C19H24F3N3O3/c1-11-9-25(10-14(11)17(26)27-3)18(23-2)24-15-8-13(15)12-6-4-5-7-16(12)28-19(20,21)22/h4-7,11,13-15H,8-10H2,1-3H3,(H,23,24). The second kappa shape index (κ2) is 7.89. The number of likely N-dealkylation sites (tertiary alicyclic amines) is 1. The number of alkyl halides is 3. The van der Waals surface area contributed by atoms with Gasteiger partial charge in [-0.3, -0.25) is 9.79 Å². The summed E-state index contributed by atoms with van der Waals surface area (Å²) < 4.78 is 46.9. The molecular weight excluding hydrogens is 375 g/mol. The number of hydrogen-bond acceptors (Lipinski definition) is 4. The molecule has 0 aromatic heterocycles. The molecule has 0 amide bonds. The van der Waals surface area contributed by atoms with Gasteiger partial charge < -0.3 is 19.7 Å². The number of methoxy groups -OCH3 is 1. The van der Waals surface area contributed by atoms with E-state index in [0.717, 1.165) is 0 Å². The minimum Gasteiger partial charge on any atom is -0.469 e. The summed E-state index contributed by atoms with van der Waals surface area (Å²) in [5.41, 5.74) is 0.523. The Labute approximate surface area is 161 Å². The summed E-state index contributed by atoms with van der Waals surface area (Å²) >= 11 is 0. The number of carbonyl (C=O) groups excluding carboxylic acids is 1. The van der Waals surface area contributed by atoms with Gasteiger partial charge in [0.15, 0.2) is 5.96 Å². The molecule has 4 atom stereocenters. The Bertz CT molecular complexity index is 753. The van der Waals surface area contributed by atoms with Crippen LogP contribution in [0.3, 0.4) is 0 Å². The maximum Gasteiger partial charge on any atom is 0.573 e. The van der Waals surface area contributed by atoms with Crippen LogP contribution < -0.4 is 10.1 Å². The number of para-hydroxylation sites is 1. The summed E-state index contributed by atoms with van der Waals surface area (Å²) in [6.45, 7) is 3.14. The number of benzene rings is 1. The third-order valence-electron chi connectivity index (χ3n) is 5.28. The fourth-order valence-corrected chi connectivity index (χ4v) is 3.76. The molecule has 6 nitrogen and oxygen atoms in total. The first-order valence-corrected chi connectivity index (χ1v) is 9.14. The van der Waals surface area contributed by atoms with Crippen molar-refractivity contribution in [3.63, 3.8) is 0 Å². The molecule has 9 heteroatoms. The van der Waals surface area contributed by atoms with Crippen molar-refractivity contribution in [1.82, 2.24) is 10.2 Å². The van der Waals surface area contributed by atoms with Crippen molar-refractivity contribution in [2.24, 2.45) is 16.8 Å². The first kappa shape index (κ1) is 20.3. The molecule has 4 unspecified atom stereocenters. The predicted octanol–water partition coefficient (Wildman–Crippen LogP) is 2.76. The van der Waals surface area contributed by atoms with Crippen LogP contribution in [0.4, 0.5) is 13.2 Å². The lowest BCUT2D eigenvalue weighted by atomic mass is 9.99. The highest BCUT2D eigenvalue weighted by Gasteiger charge is 2.44. The first-order chi connectivity index (χ1) is 13.2. The summed E-state index contributed by atoms with van der Waals surface area (Å²) in [7, 11) is 3.02. The van der Waals surface area contributed by atoms with E-state index in [4.69, 9.17) is 4.74 Å². The number of aliphatic imine (C=N–C) groups is 1. The van der Waals surface area contributed by atoms with E-state index in [-0.39, 0.29) is 35.5 Å². The Balaban J connectivity index is 1.64. The van der Waals surface area contributed by atoms with E-state index in [2.05, 4.69) is 15.0 Å². The average Bonchev–Trinajstić information content (AvgIpc) is 3.30. The molecule has 1 heterocycles. The molecule has 0 radical (unpaired) electrons. The van der Waals surface area contributed by atoms with E-state index in [1.54, 1.807) is 19.2 Å². The lowest BCUT2D eigenvalue weighted by Gasteiger charge is -2.22. The average molecular weight is 399 g/mol. The van der Waals surface area contributed by atoms with Crippen LogP contribution in [-0.2, 0) is 9.53 Å². The minimum absolute atomic E-state index is 0.0378. The van der Waals surface area contributed by atoms with Crippen LogP contribution in [0.15, 0.2) is 29.3 Å². The topological polar surface area (TPSA) is 63.2 Å². The van der Waals surface area contributed by atoms with Gasteiger partial charge in [-0.05, 0) is 24.0 Å². The molecule has 2 fully saturated rings. The smallest absolute Gasteiger partial charge is 0.469 e. The summed E-state index contributed by atoms with van der Waals surface area (Å²) in [6.07, 6.45) is -4.04. The van der Waals surface area contributed by atoms with Gasteiger partial charge in [-0.2, -0.15) is 0 Å². The zero-order chi connectivity index (χ0) is 20.5. The Hall–Kier alpha value is -2.45. The van der Waals surface area contributed by atoms with E-state index in [9.17, 15) is 18.0 Å². The Morgan fingerprint density at radius 2 is 2.00 bits per heavy atom. The number of hydrogen-bond donors (Lipinski definition) is 1. The number of ether oxygens (including phenoxy) is 2. The molecule has 0 spiro atoms. The van der Waals surface area contributed by atoms with Crippen LogP contribution in [0.25, 0.3) is 0 Å². The molecule has 2 aliphatic rings. The van der Waals surface area contributed by atoms with E-state index in [1.165, 1.54) is 19.2 Å². The van der Waals surface area contributed by atoms with Gasteiger partial charge in [-0.1, -0.05) is 25.1 Å². The third kappa shape index (κ3) is 4.51. The lowest BCUT2D eigenvalue weighted by molar-refractivity contribution is -0.274. The number of nitrogens with one attached hydrogen (secondary N) is 1. The molecule has 1 N–H and O–H groups in total. The van der Waals surface area contributed by atoms with Crippen LogP contribution >= 0.6 is 0 Å². The minimum atomic E-state index is -4.72. The Morgan fingerprint density at radius 3 is 2.64 bits per heavy atom. The first-order valence-electron chi connectivity index (χ1n) is 9.14. The number of esters is 1. The SMILES string of the molecule is CN=C(NC1CC1c1ccccc1OC(F)(F)F)N1CC(C)C(C(=O)OC)C1. The summed E-state index contributed by atoms with van der Waals surface area (Å²) in [4.78, 5) is 18.2. The van der Waals surface area contributed by atoms with Crippen LogP contribution in [0.5, 0.6) is 5.75 Å². The molecule has 1 aromatic carbocycles. The highest BCUT2D eigenvalue weighted by molar-refractivity contribution is 5.83. The summed E-state index contributed by atoms with van der Waals surface area (Å²) in [6, 6.07) is 6.17. The van der Waals surface area contributed by atoms with Crippen LogP contribution in [0, 0.1) is 11.8 Å². The van der Waals surface area contributed by atoms with Crippen molar-refractivity contribution >= 4 is 11.9 Å². The number of halogens is 3. The van der Waals surface area contributed by atoms with Crippen molar-refractivity contribution in [2.75, 3.05) is 27.2 Å². The Kier molecular flexibility index (Phi) is 5.71. The maximum atomic E-state index is 12.6. The van der Waals surface area contributed by atoms with E-state index in [1.807, 2.05) is 11.8 Å². The van der Waals surface area contributed by atoms with Gasteiger partial charge in [-0.15, -0.1) is 13.2 Å². The molecule has 154 valence electrons. The van der Waals surface area contributed by atoms with E-state index in [0.29, 0.717) is 31.0 Å². The fourth-order valence-electron chi connectivity index (χ4n) is 3.76. The van der Waals surface area contributed by atoms with Gasteiger partial charge in [0, 0.05) is 32.1 Å². The van der Waals surface area contributed by atoms with Crippen LogP contribution in [0.1, 0.15) is 24.8 Å². The quantitative estimate of drug-likeness (QED) is 0.479. The third-order valence-corrected chi connectivity index (χ3v) is 5.28. The van der Waals surface area contributed by atoms with Gasteiger partial charge >= 0.3 is 12.3 Å². The van der Waals surface area contributed by atoms with Crippen LogP contribution in [0.2, 0.25) is 0 Å². The van der Waals surface area contributed by atoms with Gasteiger partial charge in [0.05, 0.1) is 13.0 Å². The van der Waals surface area contributed by atoms with Crippen molar-refractivity contribution in [2.45, 2.75) is 31.7 Å². The molecule has 1 aliphatic carbocycles. The second-order valence-electron chi connectivity index (χ2n) is 7.24. The molecular formula is C19H24F3N3O3. The normalized spacial score (nSPS) is 27.5. The van der Waals surface area contributed by atoms with Crippen molar-refractivity contribution in [3.8, 4) is 5.75 Å². The lowest BCUT2D eigenvalue weighted by Crippen LogP contribution is -2.42. The van der Waals surface area contributed by atoms with Gasteiger partial charge in [0.2, 0.25) is 0 Å². The van der Waals surface area contributed by atoms with Gasteiger partial charge in [0.25, 0.3) is 0 Å². The monoisotopic (exact) mass is 399 g/mol. The molecule has 1 aliphatic heterocycles. The number of guanidine groups is 1. The van der Waals surface area contributed by atoms with Crippen LogP contribution in [-0.4, -0.2) is 56.5 Å². The molecule has 0 bridgehead atoms. The van der Waals surface area contributed by atoms with Crippen molar-refractivity contribution < 1.29 is 27.4 Å². The zero-order valence-electron chi connectivity index (χ0n) is 16.0. The Morgan fingerprint density at radius 1 is 1.29 bits per heavy atom. The van der Waals surface area contributed by atoms with Gasteiger partial charge in [0.1, 0.15) is 5.75 Å². The second-order valence-corrected chi connectivity index (χ2v) is 7.24. The molecule has 1 saturated heterocycles.